The van der Waals surface area contributed by atoms with Crippen molar-refractivity contribution in [1.29, 1.82) is 0 Å². The summed E-state index contributed by atoms with van der Waals surface area (Å²) >= 11 is 0. The van der Waals surface area contributed by atoms with E-state index in [4.69, 9.17) is 4.42 Å². The van der Waals surface area contributed by atoms with Gasteiger partial charge in [-0.05, 0) is 44.4 Å². The molecule has 7 heteroatoms. The number of aromatic nitrogens is 2. The molecule has 7 nitrogen and oxygen atoms in total. The molecule has 0 bridgehead atoms. The van der Waals surface area contributed by atoms with Crippen molar-refractivity contribution in [3.63, 3.8) is 0 Å². The fourth-order valence-corrected chi connectivity index (χ4v) is 3.39. The van der Waals surface area contributed by atoms with Crippen molar-refractivity contribution in [3.05, 3.63) is 94.8 Å². The maximum absolute atomic E-state index is 13.1. The van der Waals surface area contributed by atoms with Gasteiger partial charge in [-0.25, -0.2) is 0 Å². The third-order valence-corrected chi connectivity index (χ3v) is 4.97. The van der Waals surface area contributed by atoms with Gasteiger partial charge in [0.05, 0.1) is 23.4 Å². The number of para-hydroxylation sites is 1. The molecule has 4 rings (SSSR count). The van der Waals surface area contributed by atoms with E-state index in [1.54, 1.807) is 42.7 Å². The molecule has 0 aliphatic rings. The fourth-order valence-electron chi connectivity index (χ4n) is 3.39. The van der Waals surface area contributed by atoms with Crippen LogP contribution in [0.15, 0.2) is 82.2 Å². The Balaban J connectivity index is 1.72. The summed E-state index contributed by atoms with van der Waals surface area (Å²) in [6.07, 6.45) is 1.61. The maximum Gasteiger partial charge on any atom is 0.279 e. The van der Waals surface area contributed by atoms with Crippen LogP contribution in [-0.2, 0) is 0 Å². The van der Waals surface area contributed by atoms with E-state index in [0.29, 0.717) is 23.0 Å². The highest BCUT2D eigenvalue weighted by molar-refractivity contribution is 6.04. The van der Waals surface area contributed by atoms with Crippen molar-refractivity contribution in [1.82, 2.24) is 20.0 Å². The summed E-state index contributed by atoms with van der Waals surface area (Å²) in [5.74, 6) is 0.404. The lowest BCUT2D eigenvalue weighted by Crippen LogP contribution is -2.36. The van der Waals surface area contributed by atoms with Gasteiger partial charge in [-0.1, -0.05) is 36.4 Å². The zero-order chi connectivity index (χ0) is 21.1. The topological polar surface area (TPSA) is 80.4 Å². The van der Waals surface area contributed by atoms with Crippen molar-refractivity contribution >= 4 is 16.7 Å². The average Bonchev–Trinajstić information content (AvgIpc) is 3.29. The van der Waals surface area contributed by atoms with Crippen LogP contribution in [0.4, 0.5) is 0 Å². The number of furan rings is 1. The normalized spacial score (nSPS) is 12.2. The lowest BCUT2D eigenvalue weighted by atomic mass is 10.1. The van der Waals surface area contributed by atoms with Crippen LogP contribution in [0.25, 0.3) is 16.5 Å². The second-order valence-corrected chi connectivity index (χ2v) is 7.15. The molecule has 0 spiro atoms. The highest BCUT2D eigenvalue weighted by Crippen LogP contribution is 2.19. The number of nitrogens with one attached hydrogen (secondary N) is 1. The quantitative estimate of drug-likeness (QED) is 0.536. The third-order valence-electron chi connectivity index (χ3n) is 4.97. The molecule has 4 aromatic rings. The lowest BCUT2D eigenvalue weighted by Gasteiger charge is -2.22. The van der Waals surface area contributed by atoms with Gasteiger partial charge in [0.2, 0.25) is 0 Å². The molecule has 0 fully saturated rings. The molecular weight excluding hydrogens is 380 g/mol. The Morgan fingerprint density at radius 2 is 1.73 bits per heavy atom. The second kappa shape index (κ2) is 8.34. The summed E-state index contributed by atoms with van der Waals surface area (Å²) in [7, 11) is 3.84. The van der Waals surface area contributed by atoms with E-state index in [0.717, 1.165) is 5.76 Å². The van der Waals surface area contributed by atoms with Crippen LogP contribution < -0.4 is 10.9 Å². The van der Waals surface area contributed by atoms with Crippen LogP contribution in [0, 0.1) is 0 Å². The summed E-state index contributed by atoms with van der Waals surface area (Å²) in [4.78, 5) is 28.0. The Bertz CT molecular complexity index is 1210. The van der Waals surface area contributed by atoms with Gasteiger partial charge in [0, 0.05) is 11.9 Å². The number of carbonyl (C=O) groups is 1. The van der Waals surface area contributed by atoms with E-state index in [1.807, 2.05) is 49.3 Å². The summed E-state index contributed by atoms with van der Waals surface area (Å²) in [6, 6.07) is 19.6. The first-order valence-electron chi connectivity index (χ1n) is 9.62. The van der Waals surface area contributed by atoms with Crippen molar-refractivity contribution < 1.29 is 9.21 Å². The SMILES string of the molecule is CN(C)C(CNC(=O)c1nn(-c2ccccc2)c(=O)c2ccccc12)c1ccco1. The molecule has 152 valence electrons. The van der Waals surface area contributed by atoms with Crippen molar-refractivity contribution in [3.8, 4) is 5.69 Å². The summed E-state index contributed by atoms with van der Waals surface area (Å²) in [5.41, 5.74) is 0.533. The van der Waals surface area contributed by atoms with Gasteiger partial charge >= 0.3 is 0 Å². The standard InChI is InChI=1S/C23H22N4O3/c1-26(2)19(20-13-8-14-30-20)15-24-22(28)21-17-11-6-7-12-18(17)23(29)27(25-21)16-9-4-3-5-10-16/h3-14,19H,15H2,1-2H3,(H,24,28). The first-order chi connectivity index (χ1) is 14.6. The minimum Gasteiger partial charge on any atom is -0.468 e. The Hall–Kier alpha value is -3.71. The van der Waals surface area contributed by atoms with Crippen LogP contribution in [0.1, 0.15) is 22.3 Å². The van der Waals surface area contributed by atoms with Gasteiger partial charge in [0.1, 0.15) is 5.76 Å². The molecule has 1 atom stereocenters. The minimum atomic E-state index is -0.353. The smallest absolute Gasteiger partial charge is 0.279 e. The molecule has 30 heavy (non-hydrogen) atoms. The number of nitrogens with zero attached hydrogens (tertiary/aromatic N) is 3. The summed E-state index contributed by atoms with van der Waals surface area (Å²) in [6.45, 7) is 0.333. The van der Waals surface area contributed by atoms with E-state index >= 15 is 0 Å². The Morgan fingerprint density at radius 3 is 2.40 bits per heavy atom. The van der Waals surface area contributed by atoms with Crippen molar-refractivity contribution in [2.75, 3.05) is 20.6 Å². The second-order valence-electron chi connectivity index (χ2n) is 7.15. The predicted molar refractivity (Wildman–Crippen MR) is 115 cm³/mol. The molecule has 1 unspecified atom stereocenters. The Kier molecular flexibility index (Phi) is 5.45. The lowest BCUT2D eigenvalue weighted by molar-refractivity contribution is 0.0934. The zero-order valence-electron chi connectivity index (χ0n) is 16.8. The van der Waals surface area contributed by atoms with E-state index in [1.165, 1.54) is 4.68 Å². The molecule has 1 N–H and O–H groups in total. The number of rotatable bonds is 6. The number of fused-ring (bicyclic) bond motifs is 1. The van der Waals surface area contributed by atoms with E-state index in [2.05, 4.69) is 10.4 Å². The zero-order valence-corrected chi connectivity index (χ0v) is 16.8. The van der Waals surface area contributed by atoms with Gasteiger partial charge < -0.3 is 9.73 Å². The molecule has 2 heterocycles. The number of carbonyl (C=O) groups excluding carboxylic acids is 1. The number of benzene rings is 2. The number of amides is 1. The van der Waals surface area contributed by atoms with Gasteiger partial charge in [0.15, 0.2) is 5.69 Å². The molecule has 0 aliphatic heterocycles. The Morgan fingerprint density at radius 1 is 1.03 bits per heavy atom. The summed E-state index contributed by atoms with van der Waals surface area (Å²) < 4.78 is 6.77. The molecular formula is C23H22N4O3. The molecule has 0 saturated carbocycles. The van der Waals surface area contributed by atoms with Gasteiger partial charge in [0.25, 0.3) is 11.5 Å². The first-order valence-corrected chi connectivity index (χ1v) is 9.62. The fraction of sp³-hybridized carbons (Fsp3) is 0.174. The average molecular weight is 402 g/mol. The van der Waals surface area contributed by atoms with E-state index in [-0.39, 0.29) is 23.2 Å². The predicted octanol–water partition coefficient (Wildman–Crippen LogP) is 3.01. The van der Waals surface area contributed by atoms with Gasteiger partial charge in [-0.15, -0.1) is 0 Å². The van der Waals surface area contributed by atoms with E-state index < -0.39 is 0 Å². The molecule has 0 aliphatic carbocycles. The van der Waals surface area contributed by atoms with Crippen molar-refractivity contribution in [2.45, 2.75) is 6.04 Å². The van der Waals surface area contributed by atoms with Crippen LogP contribution >= 0.6 is 0 Å². The van der Waals surface area contributed by atoms with Gasteiger partial charge in [-0.3, -0.25) is 14.5 Å². The van der Waals surface area contributed by atoms with Crippen molar-refractivity contribution in [2.24, 2.45) is 0 Å². The van der Waals surface area contributed by atoms with Crippen LogP contribution in [0.2, 0.25) is 0 Å². The summed E-state index contributed by atoms with van der Waals surface area (Å²) in [5, 5.41) is 8.31. The molecule has 2 aromatic carbocycles. The minimum absolute atomic E-state index is 0.129. The molecule has 1 amide bonds. The third kappa shape index (κ3) is 3.75. The Labute approximate surface area is 173 Å². The molecule has 2 aromatic heterocycles. The largest absolute Gasteiger partial charge is 0.468 e. The first kappa shape index (κ1) is 19.6. The van der Waals surface area contributed by atoms with Crippen LogP contribution in [-0.4, -0.2) is 41.2 Å². The highest BCUT2D eigenvalue weighted by atomic mass is 16.3. The number of likely N-dealkylation sites (N-methyl/N-ethyl adjacent to an activating group) is 1. The molecule has 0 saturated heterocycles. The number of hydrogen-bond donors (Lipinski definition) is 1. The monoisotopic (exact) mass is 402 g/mol. The van der Waals surface area contributed by atoms with Crippen LogP contribution in [0.3, 0.4) is 0 Å². The maximum atomic E-state index is 13.1. The van der Waals surface area contributed by atoms with E-state index in [9.17, 15) is 9.59 Å². The van der Waals surface area contributed by atoms with Gasteiger partial charge in [-0.2, -0.15) is 9.78 Å². The molecule has 0 radical (unpaired) electrons. The highest BCUT2D eigenvalue weighted by Gasteiger charge is 2.21. The number of hydrogen-bond acceptors (Lipinski definition) is 5. The van der Waals surface area contributed by atoms with Crippen LogP contribution in [0.5, 0.6) is 0 Å².